The van der Waals surface area contributed by atoms with Crippen LogP contribution in [0.4, 0.5) is 0 Å². The van der Waals surface area contributed by atoms with E-state index in [0.717, 1.165) is 0 Å². The van der Waals surface area contributed by atoms with Gasteiger partial charge >= 0.3 is 0 Å². The molecule has 0 aromatic rings. The normalized spacial score (nSPS) is 17.2. The van der Waals surface area contributed by atoms with E-state index >= 15 is 0 Å². The van der Waals surface area contributed by atoms with Crippen molar-refractivity contribution < 1.29 is 9.53 Å². The molecular weight excluding hydrogens is 180 g/mol. The Kier molecular flexibility index (Phi) is 5.72. The molecule has 2 atom stereocenters. The summed E-state index contributed by atoms with van der Waals surface area (Å²) in [5.74, 6) is 0.222. The first kappa shape index (κ1) is 13.4. The van der Waals surface area contributed by atoms with E-state index in [2.05, 4.69) is 5.32 Å². The smallest absolute Gasteiger partial charge is 0.239 e. The Hall–Kier alpha value is -0.610. The fraction of sp³-hybridized carbons (Fsp3) is 0.900. The summed E-state index contributed by atoms with van der Waals surface area (Å²) >= 11 is 0. The van der Waals surface area contributed by atoms with Crippen molar-refractivity contribution in [2.45, 2.75) is 32.7 Å². The zero-order chi connectivity index (χ0) is 11.2. The summed E-state index contributed by atoms with van der Waals surface area (Å²) in [6.07, 6.45) is 0.636. The molecule has 0 radical (unpaired) electrons. The second-order valence-electron chi connectivity index (χ2n) is 4.04. The van der Waals surface area contributed by atoms with Crippen LogP contribution in [0.3, 0.4) is 0 Å². The number of carbonyl (C=O) groups is 1. The lowest BCUT2D eigenvalue weighted by Gasteiger charge is -2.22. The lowest BCUT2D eigenvalue weighted by molar-refractivity contribution is -0.126. The van der Waals surface area contributed by atoms with E-state index in [1.165, 1.54) is 0 Å². The molecule has 0 spiro atoms. The Labute approximate surface area is 86.2 Å². The topological polar surface area (TPSA) is 64.4 Å². The van der Waals surface area contributed by atoms with E-state index in [9.17, 15) is 4.79 Å². The van der Waals surface area contributed by atoms with E-state index in [-0.39, 0.29) is 5.91 Å². The van der Waals surface area contributed by atoms with Gasteiger partial charge in [0.25, 0.3) is 0 Å². The molecule has 0 aliphatic heterocycles. The van der Waals surface area contributed by atoms with Crippen LogP contribution in [-0.2, 0) is 9.53 Å². The largest absolute Gasteiger partial charge is 0.384 e. The number of amides is 1. The standard InChI is InChI=1S/C10H22N2O2/c1-5-10(3,11)9(13)12-6-8(2)7-14-4/h8H,5-7,11H2,1-4H3,(H,12,13). The first-order valence-electron chi connectivity index (χ1n) is 5.00. The van der Waals surface area contributed by atoms with Crippen LogP contribution in [0.2, 0.25) is 0 Å². The lowest BCUT2D eigenvalue weighted by atomic mass is 9.99. The van der Waals surface area contributed by atoms with Gasteiger partial charge in [-0.3, -0.25) is 4.79 Å². The average Bonchev–Trinajstić information content (AvgIpc) is 2.14. The Balaban J connectivity index is 3.85. The average molecular weight is 202 g/mol. The molecule has 2 unspecified atom stereocenters. The van der Waals surface area contributed by atoms with Crippen molar-refractivity contribution in [1.29, 1.82) is 0 Å². The predicted molar refractivity (Wildman–Crippen MR) is 56.9 cm³/mol. The Bertz CT molecular complexity index is 181. The Morgan fingerprint density at radius 3 is 2.64 bits per heavy atom. The maximum Gasteiger partial charge on any atom is 0.239 e. The van der Waals surface area contributed by atoms with E-state index in [1.807, 2.05) is 13.8 Å². The van der Waals surface area contributed by atoms with E-state index in [0.29, 0.717) is 25.5 Å². The summed E-state index contributed by atoms with van der Waals surface area (Å²) < 4.78 is 4.97. The van der Waals surface area contributed by atoms with Gasteiger partial charge in [-0.25, -0.2) is 0 Å². The van der Waals surface area contributed by atoms with Gasteiger partial charge in [-0.1, -0.05) is 13.8 Å². The SMILES string of the molecule is CCC(C)(N)C(=O)NCC(C)COC. The summed E-state index contributed by atoms with van der Waals surface area (Å²) in [4.78, 5) is 11.5. The van der Waals surface area contributed by atoms with E-state index in [4.69, 9.17) is 10.5 Å². The summed E-state index contributed by atoms with van der Waals surface area (Å²) in [6, 6.07) is 0. The first-order valence-corrected chi connectivity index (χ1v) is 5.00. The Morgan fingerprint density at radius 2 is 2.21 bits per heavy atom. The maximum absolute atomic E-state index is 11.5. The van der Waals surface area contributed by atoms with Crippen LogP contribution in [0.15, 0.2) is 0 Å². The highest BCUT2D eigenvalue weighted by molar-refractivity contribution is 5.85. The second-order valence-corrected chi connectivity index (χ2v) is 4.04. The van der Waals surface area contributed by atoms with Gasteiger partial charge in [0.2, 0.25) is 5.91 Å². The minimum Gasteiger partial charge on any atom is -0.384 e. The van der Waals surface area contributed by atoms with Gasteiger partial charge in [-0.05, 0) is 19.3 Å². The molecule has 4 nitrogen and oxygen atoms in total. The molecular formula is C10H22N2O2. The van der Waals surface area contributed by atoms with Crippen LogP contribution in [0, 0.1) is 5.92 Å². The second kappa shape index (κ2) is 5.98. The van der Waals surface area contributed by atoms with Crippen LogP contribution in [0.1, 0.15) is 27.2 Å². The van der Waals surface area contributed by atoms with Crippen LogP contribution < -0.4 is 11.1 Å². The number of carbonyl (C=O) groups excluding carboxylic acids is 1. The van der Waals surface area contributed by atoms with E-state index in [1.54, 1.807) is 14.0 Å². The highest BCUT2D eigenvalue weighted by atomic mass is 16.5. The predicted octanol–water partition coefficient (Wildman–Crippen LogP) is 0.513. The molecule has 14 heavy (non-hydrogen) atoms. The number of methoxy groups -OCH3 is 1. The summed E-state index contributed by atoms with van der Waals surface area (Å²) in [7, 11) is 1.65. The van der Waals surface area contributed by atoms with Crippen molar-refractivity contribution in [3.63, 3.8) is 0 Å². The van der Waals surface area contributed by atoms with Crippen LogP contribution in [0.25, 0.3) is 0 Å². The van der Waals surface area contributed by atoms with Crippen molar-refractivity contribution in [2.24, 2.45) is 11.7 Å². The highest BCUT2D eigenvalue weighted by Crippen LogP contribution is 2.04. The minimum atomic E-state index is -0.757. The van der Waals surface area contributed by atoms with Gasteiger partial charge in [0.05, 0.1) is 12.1 Å². The van der Waals surface area contributed by atoms with Gasteiger partial charge in [-0.2, -0.15) is 0 Å². The number of rotatable bonds is 6. The summed E-state index contributed by atoms with van der Waals surface area (Å²) in [6.45, 7) is 6.91. The van der Waals surface area contributed by atoms with Crippen LogP contribution in [0.5, 0.6) is 0 Å². The lowest BCUT2D eigenvalue weighted by Crippen LogP contribution is -2.52. The minimum absolute atomic E-state index is 0.0945. The summed E-state index contributed by atoms with van der Waals surface area (Å²) in [5.41, 5.74) is 5.02. The number of ether oxygens (including phenoxy) is 1. The molecule has 3 N–H and O–H groups in total. The maximum atomic E-state index is 11.5. The van der Waals surface area contributed by atoms with Gasteiger partial charge in [0.15, 0.2) is 0 Å². The molecule has 0 aromatic carbocycles. The number of hydrogen-bond donors (Lipinski definition) is 2. The highest BCUT2D eigenvalue weighted by Gasteiger charge is 2.25. The summed E-state index contributed by atoms with van der Waals surface area (Å²) in [5, 5.41) is 2.81. The quantitative estimate of drug-likeness (QED) is 0.659. The molecule has 0 rings (SSSR count). The molecule has 4 heteroatoms. The van der Waals surface area contributed by atoms with Crippen molar-refractivity contribution in [3.8, 4) is 0 Å². The van der Waals surface area contributed by atoms with Crippen LogP contribution >= 0.6 is 0 Å². The van der Waals surface area contributed by atoms with E-state index < -0.39 is 5.54 Å². The molecule has 0 saturated carbocycles. The number of nitrogens with two attached hydrogens (primary N) is 1. The van der Waals surface area contributed by atoms with Crippen molar-refractivity contribution in [2.75, 3.05) is 20.3 Å². The van der Waals surface area contributed by atoms with Gasteiger partial charge < -0.3 is 15.8 Å². The van der Waals surface area contributed by atoms with Gasteiger partial charge in [0.1, 0.15) is 0 Å². The molecule has 0 aromatic heterocycles. The van der Waals surface area contributed by atoms with Gasteiger partial charge in [0, 0.05) is 13.7 Å². The molecule has 84 valence electrons. The Morgan fingerprint density at radius 1 is 1.64 bits per heavy atom. The fourth-order valence-corrected chi connectivity index (χ4v) is 0.973. The van der Waals surface area contributed by atoms with Crippen molar-refractivity contribution >= 4 is 5.91 Å². The fourth-order valence-electron chi connectivity index (χ4n) is 0.973. The molecule has 0 bridgehead atoms. The molecule has 0 fully saturated rings. The van der Waals surface area contributed by atoms with Crippen LogP contribution in [-0.4, -0.2) is 31.7 Å². The first-order chi connectivity index (χ1) is 6.44. The molecule has 0 saturated heterocycles. The monoisotopic (exact) mass is 202 g/mol. The third kappa shape index (κ3) is 4.58. The van der Waals surface area contributed by atoms with Gasteiger partial charge in [-0.15, -0.1) is 0 Å². The third-order valence-corrected chi connectivity index (χ3v) is 2.32. The van der Waals surface area contributed by atoms with Crippen molar-refractivity contribution in [3.05, 3.63) is 0 Å². The third-order valence-electron chi connectivity index (χ3n) is 2.32. The number of hydrogen-bond acceptors (Lipinski definition) is 3. The molecule has 0 aliphatic carbocycles. The van der Waals surface area contributed by atoms with Crippen molar-refractivity contribution in [1.82, 2.24) is 5.32 Å². The number of nitrogens with one attached hydrogen (secondary N) is 1. The molecule has 1 amide bonds. The molecule has 0 aliphatic rings. The molecule has 0 heterocycles. The zero-order valence-corrected chi connectivity index (χ0v) is 9.59. The zero-order valence-electron chi connectivity index (χ0n) is 9.59.